The highest BCUT2D eigenvalue weighted by molar-refractivity contribution is 9.10. The van der Waals surface area contributed by atoms with Gasteiger partial charge in [0.25, 0.3) is 0 Å². The van der Waals surface area contributed by atoms with Crippen LogP contribution >= 0.6 is 15.9 Å². The molecule has 1 fully saturated rings. The van der Waals surface area contributed by atoms with Crippen molar-refractivity contribution in [3.8, 4) is 5.75 Å². The highest BCUT2D eigenvalue weighted by atomic mass is 79.9. The average molecular weight is 298 g/mol. The molecule has 94 valence electrons. The largest absolute Gasteiger partial charge is 0.495 e. The minimum absolute atomic E-state index is 0.830. The highest BCUT2D eigenvalue weighted by Gasteiger charge is 2.15. The summed E-state index contributed by atoms with van der Waals surface area (Å²) in [5, 5.41) is 3.41. The van der Waals surface area contributed by atoms with E-state index in [1.807, 2.05) is 0 Å². The molecule has 1 N–H and O–H groups in total. The van der Waals surface area contributed by atoms with Crippen molar-refractivity contribution in [3.63, 3.8) is 0 Å². The van der Waals surface area contributed by atoms with Crippen LogP contribution < -0.4 is 10.1 Å². The van der Waals surface area contributed by atoms with Crippen LogP contribution in [0, 0.1) is 12.8 Å². The van der Waals surface area contributed by atoms with Crippen LogP contribution in [0.3, 0.4) is 0 Å². The van der Waals surface area contributed by atoms with Crippen molar-refractivity contribution < 1.29 is 4.74 Å². The molecule has 0 bridgehead atoms. The number of aryl methyl sites for hydroxylation is 1. The number of hydrogen-bond acceptors (Lipinski definition) is 2. The quantitative estimate of drug-likeness (QED) is 0.924. The van der Waals surface area contributed by atoms with Crippen molar-refractivity contribution in [2.24, 2.45) is 5.92 Å². The zero-order valence-corrected chi connectivity index (χ0v) is 12.1. The van der Waals surface area contributed by atoms with Gasteiger partial charge in [-0.25, -0.2) is 0 Å². The van der Waals surface area contributed by atoms with E-state index in [9.17, 15) is 0 Å². The maximum Gasteiger partial charge on any atom is 0.135 e. The lowest BCUT2D eigenvalue weighted by atomic mass is 9.90. The Bertz CT molecular complexity index is 363. The van der Waals surface area contributed by atoms with Crippen LogP contribution in [-0.2, 0) is 6.42 Å². The van der Waals surface area contributed by atoms with Gasteiger partial charge < -0.3 is 10.1 Å². The van der Waals surface area contributed by atoms with Gasteiger partial charge in [0, 0.05) is 0 Å². The van der Waals surface area contributed by atoms with Gasteiger partial charge >= 0.3 is 0 Å². The second kappa shape index (κ2) is 5.87. The van der Waals surface area contributed by atoms with Crippen LogP contribution in [0.5, 0.6) is 5.75 Å². The Hall–Kier alpha value is -0.540. The Labute approximate surface area is 112 Å². The van der Waals surface area contributed by atoms with E-state index in [0.29, 0.717) is 0 Å². The van der Waals surface area contributed by atoms with Gasteiger partial charge in [0.2, 0.25) is 0 Å². The van der Waals surface area contributed by atoms with E-state index in [1.54, 1.807) is 7.11 Å². The summed E-state index contributed by atoms with van der Waals surface area (Å²) in [4.78, 5) is 0. The smallest absolute Gasteiger partial charge is 0.135 e. The number of benzene rings is 1. The van der Waals surface area contributed by atoms with E-state index in [1.165, 1.54) is 43.5 Å². The number of methoxy groups -OCH3 is 1. The SMILES string of the molecule is COc1c(C)cc(CC2CCNCC2)cc1Br. The first kappa shape index (κ1) is 12.9. The van der Waals surface area contributed by atoms with Gasteiger partial charge in [0.05, 0.1) is 11.6 Å². The number of hydrogen-bond donors (Lipinski definition) is 1. The summed E-state index contributed by atoms with van der Waals surface area (Å²) >= 11 is 3.59. The molecule has 1 aromatic carbocycles. The van der Waals surface area contributed by atoms with Crippen LogP contribution in [0.1, 0.15) is 24.0 Å². The Morgan fingerprint density at radius 2 is 2.06 bits per heavy atom. The number of nitrogens with one attached hydrogen (secondary N) is 1. The van der Waals surface area contributed by atoms with Crippen molar-refractivity contribution in [2.45, 2.75) is 26.2 Å². The van der Waals surface area contributed by atoms with Gasteiger partial charge in [-0.1, -0.05) is 6.07 Å². The van der Waals surface area contributed by atoms with E-state index in [2.05, 4.69) is 40.3 Å². The van der Waals surface area contributed by atoms with Gasteiger partial charge in [-0.05, 0) is 78.3 Å². The normalized spacial score (nSPS) is 17.1. The summed E-state index contributed by atoms with van der Waals surface area (Å²) in [6, 6.07) is 4.46. The van der Waals surface area contributed by atoms with Crippen molar-refractivity contribution in [1.29, 1.82) is 0 Å². The first-order valence-electron chi connectivity index (χ1n) is 6.24. The lowest BCUT2D eigenvalue weighted by molar-refractivity contribution is 0.372. The predicted molar refractivity (Wildman–Crippen MR) is 74.7 cm³/mol. The zero-order valence-electron chi connectivity index (χ0n) is 10.6. The number of halogens is 1. The van der Waals surface area contributed by atoms with E-state index in [-0.39, 0.29) is 0 Å². The van der Waals surface area contributed by atoms with Gasteiger partial charge in [-0.2, -0.15) is 0 Å². The maximum atomic E-state index is 5.36. The Morgan fingerprint density at radius 1 is 1.35 bits per heavy atom. The van der Waals surface area contributed by atoms with E-state index < -0.39 is 0 Å². The van der Waals surface area contributed by atoms with Crippen molar-refractivity contribution in [1.82, 2.24) is 5.32 Å². The molecule has 0 aliphatic carbocycles. The molecule has 1 heterocycles. The first-order chi connectivity index (χ1) is 8.20. The Morgan fingerprint density at radius 3 is 2.65 bits per heavy atom. The average Bonchev–Trinajstić information content (AvgIpc) is 2.30. The molecule has 2 rings (SSSR count). The van der Waals surface area contributed by atoms with Crippen LogP contribution in [0.15, 0.2) is 16.6 Å². The fraction of sp³-hybridized carbons (Fsp3) is 0.571. The highest BCUT2D eigenvalue weighted by Crippen LogP contribution is 2.31. The lowest BCUT2D eigenvalue weighted by Crippen LogP contribution is -2.28. The minimum Gasteiger partial charge on any atom is -0.495 e. The third-order valence-electron chi connectivity index (χ3n) is 3.48. The minimum atomic E-state index is 0.830. The zero-order chi connectivity index (χ0) is 12.3. The number of ether oxygens (including phenoxy) is 1. The third-order valence-corrected chi connectivity index (χ3v) is 4.07. The molecule has 0 unspecified atom stereocenters. The van der Waals surface area contributed by atoms with Gasteiger partial charge in [-0.15, -0.1) is 0 Å². The van der Waals surface area contributed by atoms with Crippen molar-refractivity contribution in [2.75, 3.05) is 20.2 Å². The molecule has 3 heteroatoms. The standard InChI is InChI=1S/C14H20BrNO/c1-10-7-12(9-13(15)14(10)17-2)8-11-3-5-16-6-4-11/h7,9,11,16H,3-6,8H2,1-2H3. The molecule has 0 aromatic heterocycles. The van der Waals surface area contributed by atoms with Crippen LogP contribution in [-0.4, -0.2) is 20.2 Å². The fourth-order valence-corrected chi connectivity index (χ4v) is 3.37. The third kappa shape index (κ3) is 3.23. The maximum absolute atomic E-state index is 5.36. The summed E-state index contributed by atoms with van der Waals surface area (Å²) in [7, 11) is 1.72. The Balaban J connectivity index is 2.10. The second-order valence-corrected chi connectivity index (χ2v) is 5.68. The molecule has 0 amide bonds. The number of piperidine rings is 1. The van der Waals surface area contributed by atoms with Crippen molar-refractivity contribution in [3.05, 3.63) is 27.7 Å². The van der Waals surface area contributed by atoms with E-state index in [4.69, 9.17) is 4.74 Å². The monoisotopic (exact) mass is 297 g/mol. The second-order valence-electron chi connectivity index (χ2n) is 4.83. The fourth-order valence-electron chi connectivity index (χ4n) is 2.60. The number of rotatable bonds is 3. The molecule has 1 aromatic rings. The summed E-state index contributed by atoms with van der Waals surface area (Å²) in [6.07, 6.45) is 3.77. The van der Waals surface area contributed by atoms with E-state index in [0.717, 1.165) is 16.1 Å². The Kier molecular flexibility index (Phi) is 4.46. The van der Waals surface area contributed by atoms with Gasteiger partial charge in [-0.3, -0.25) is 0 Å². The molecular weight excluding hydrogens is 278 g/mol. The summed E-state index contributed by atoms with van der Waals surface area (Å²) < 4.78 is 6.44. The molecular formula is C14H20BrNO. The molecule has 0 saturated carbocycles. The van der Waals surface area contributed by atoms with Gasteiger partial charge in [0.1, 0.15) is 5.75 Å². The van der Waals surface area contributed by atoms with Gasteiger partial charge in [0.15, 0.2) is 0 Å². The lowest BCUT2D eigenvalue weighted by Gasteiger charge is -2.23. The molecule has 1 aliphatic heterocycles. The summed E-state index contributed by atoms with van der Waals surface area (Å²) in [5.41, 5.74) is 2.63. The predicted octanol–water partition coefficient (Wildman–Crippen LogP) is 3.31. The molecule has 1 aliphatic rings. The van der Waals surface area contributed by atoms with Crippen molar-refractivity contribution >= 4 is 15.9 Å². The summed E-state index contributed by atoms with van der Waals surface area (Å²) in [5.74, 6) is 1.79. The van der Waals surface area contributed by atoms with E-state index >= 15 is 0 Å². The van der Waals surface area contributed by atoms with Crippen LogP contribution in [0.2, 0.25) is 0 Å². The molecule has 2 nitrogen and oxygen atoms in total. The molecule has 0 atom stereocenters. The molecule has 17 heavy (non-hydrogen) atoms. The summed E-state index contributed by atoms with van der Waals surface area (Å²) in [6.45, 7) is 4.44. The molecule has 0 radical (unpaired) electrons. The molecule has 0 spiro atoms. The van der Waals surface area contributed by atoms with Crippen LogP contribution in [0.25, 0.3) is 0 Å². The first-order valence-corrected chi connectivity index (χ1v) is 7.03. The topological polar surface area (TPSA) is 21.3 Å². The molecule has 1 saturated heterocycles. The van der Waals surface area contributed by atoms with Crippen LogP contribution in [0.4, 0.5) is 0 Å².